The number of rotatable bonds is 8. The molecule has 0 radical (unpaired) electrons. The summed E-state index contributed by atoms with van der Waals surface area (Å²) in [4.78, 5) is 38.1. The number of nitrogens with one attached hydrogen (secondary N) is 2. The van der Waals surface area contributed by atoms with E-state index in [1.165, 1.54) is 24.3 Å². The third kappa shape index (κ3) is 6.79. The number of nitrogens with zero attached hydrogens (tertiary/aromatic N) is 1. The number of hydrogen-bond donors (Lipinski definition) is 2. The Morgan fingerprint density at radius 3 is 2.41 bits per heavy atom. The van der Waals surface area contributed by atoms with Gasteiger partial charge in [0.15, 0.2) is 5.75 Å². The minimum Gasteiger partial charge on any atom is -0.491 e. The maximum Gasteiger partial charge on any atom is 0.418 e. The Morgan fingerprint density at radius 1 is 1.21 bits per heavy atom. The lowest BCUT2D eigenvalue weighted by Gasteiger charge is -2.31. The van der Waals surface area contributed by atoms with Gasteiger partial charge < -0.3 is 20.1 Å². The molecule has 8 nitrogen and oxygen atoms in total. The lowest BCUT2D eigenvalue weighted by molar-refractivity contribution is -0.150. The quantitative estimate of drug-likeness (QED) is 0.302. The number of esters is 1. The molecule has 0 aliphatic carbocycles. The van der Waals surface area contributed by atoms with Crippen molar-refractivity contribution in [2.45, 2.75) is 19.0 Å². The van der Waals surface area contributed by atoms with Crippen LogP contribution in [0.5, 0.6) is 5.75 Å². The van der Waals surface area contributed by atoms with Crippen molar-refractivity contribution in [1.29, 1.82) is 5.26 Å². The first-order valence-electron chi connectivity index (χ1n) is 11.2. The summed E-state index contributed by atoms with van der Waals surface area (Å²) in [5.74, 6) is -5.56. The highest BCUT2D eigenvalue weighted by Gasteiger charge is 2.45. The van der Waals surface area contributed by atoms with E-state index >= 15 is 0 Å². The third-order valence-electron chi connectivity index (χ3n) is 5.51. The molecule has 1 aliphatic rings. The molecular weight excluding hydrogens is 582 g/mol. The predicted molar refractivity (Wildman–Crippen MR) is 139 cm³/mol. The molecule has 1 aliphatic heterocycles. The Morgan fingerprint density at radius 2 is 1.85 bits per heavy atom. The fourth-order valence-corrected chi connectivity index (χ4v) is 5.35. The summed E-state index contributed by atoms with van der Waals surface area (Å²) >= 11 is 13.3. The van der Waals surface area contributed by atoms with Crippen LogP contribution in [0.3, 0.4) is 0 Å². The number of hydrogen-bond acceptors (Lipinski definition) is 7. The zero-order valence-corrected chi connectivity index (χ0v) is 22.6. The van der Waals surface area contributed by atoms with Gasteiger partial charge in [-0.1, -0.05) is 47.1 Å². The molecule has 0 saturated carbocycles. The standard InChI is InChI=1S/C25H20Cl2F3N3O5S/c1-3-38-21-15(26)8-12(9-16(21)27)19-13(10-31)23(33-22(35)20(19)24(36)37-2)39-11-18(34)32-17-7-5-4-6-14(17)25(28,29)30/h4-9,19-20H,3,11H2,1-2H3,(H,32,34)(H,33,35)/t19-,20-/m0/s1. The fraction of sp³-hybridized carbons (Fsp3) is 0.280. The first-order chi connectivity index (χ1) is 18.4. The summed E-state index contributed by atoms with van der Waals surface area (Å²) < 4.78 is 50.0. The van der Waals surface area contributed by atoms with Crippen LogP contribution in [0.2, 0.25) is 10.0 Å². The number of alkyl halides is 3. The molecule has 2 aromatic rings. The maximum absolute atomic E-state index is 13.3. The number of para-hydroxylation sites is 1. The highest BCUT2D eigenvalue weighted by molar-refractivity contribution is 8.03. The summed E-state index contributed by atoms with van der Waals surface area (Å²) in [6.07, 6.45) is -4.69. The Labute approximate surface area is 235 Å². The van der Waals surface area contributed by atoms with Gasteiger partial charge in [-0.05, 0) is 36.8 Å². The van der Waals surface area contributed by atoms with E-state index in [1.54, 1.807) is 6.92 Å². The van der Waals surface area contributed by atoms with Gasteiger partial charge in [0.2, 0.25) is 11.8 Å². The molecule has 2 amide bonds. The number of amides is 2. The number of ether oxygens (including phenoxy) is 2. The molecule has 206 valence electrons. The second-order valence-corrected chi connectivity index (χ2v) is 9.75. The number of benzene rings is 2. The molecule has 0 spiro atoms. The summed E-state index contributed by atoms with van der Waals surface area (Å²) in [7, 11) is 1.08. The van der Waals surface area contributed by atoms with Gasteiger partial charge in [0, 0.05) is 5.92 Å². The van der Waals surface area contributed by atoms with Crippen LogP contribution in [0.25, 0.3) is 0 Å². The first kappa shape index (κ1) is 30.1. The van der Waals surface area contributed by atoms with E-state index < -0.39 is 52.8 Å². The van der Waals surface area contributed by atoms with E-state index in [4.69, 9.17) is 32.7 Å². The van der Waals surface area contributed by atoms with Crippen molar-refractivity contribution in [2.24, 2.45) is 5.92 Å². The van der Waals surface area contributed by atoms with Crippen LogP contribution in [0.1, 0.15) is 24.0 Å². The molecule has 0 fully saturated rings. The number of nitriles is 1. The minimum atomic E-state index is -4.69. The van der Waals surface area contributed by atoms with Gasteiger partial charge in [0.05, 0.1) is 57.4 Å². The van der Waals surface area contributed by atoms with E-state index in [0.717, 1.165) is 19.2 Å². The van der Waals surface area contributed by atoms with Gasteiger partial charge in [0.25, 0.3) is 0 Å². The third-order valence-corrected chi connectivity index (χ3v) is 7.08. The number of carbonyl (C=O) groups is 3. The number of methoxy groups -OCH3 is 1. The average molecular weight is 602 g/mol. The molecule has 1 heterocycles. The Balaban J connectivity index is 1.97. The van der Waals surface area contributed by atoms with Crippen LogP contribution < -0.4 is 15.4 Å². The molecule has 2 aromatic carbocycles. The average Bonchev–Trinajstić information content (AvgIpc) is 2.88. The number of thioether (sulfide) groups is 1. The highest BCUT2D eigenvalue weighted by atomic mass is 35.5. The number of halogens is 5. The zero-order valence-electron chi connectivity index (χ0n) is 20.3. The molecule has 3 rings (SSSR count). The van der Waals surface area contributed by atoms with E-state index in [-0.39, 0.29) is 38.6 Å². The Hall–Kier alpha value is -3.40. The van der Waals surface area contributed by atoms with E-state index in [1.807, 2.05) is 6.07 Å². The number of allylic oxidation sites excluding steroid dienone is 1. The number of anilines is 1. The van der Waals surface area contributed by atoms with Crippen molar-refractivity contribution in [3.8, 4) is 11.8 Å². The van der Waals surface area contributed by atoms with Gasteiger partial charge in [-0.15, -0.1) is 0 Å². The summed E-state index contributed by atoms with van der Waals surface area (Å²) in [5.41, 5.74) is -1.34. The molecule has 0 bridgehead atoms. The lowest BCUT2D eigenvalue weighted by atomic mass is 9.78. The molecule has 0 aromatic heterocycles. The lowest BCUT2D eigenvalue weighted by Crippen LogP contribution is -2.44. The van der Waals surface area contributed by atoms with Crippen LogP contribution >= 0.6 is 35.0 Å². The van der Waals surface area contributed by atoms with Crippen LogP contribution in [-0.2, 0) is 25.3 Å². The molecule has 39 heavy (non-hydrogen) atoms. The Bertz CT molecular complexity index is 1350. The van der Waals surface area contributed by atoms with E-state index in [0.29, 0.717) is 11.8 Å². The van der Waals surface area contributed by atoms with Gasteiger partial charge in [-0.2, -0.15) is 18.4 Å². The van der Waals surface area contributed by atoms with Gasteiger partial charge in [-0.25, -0.2) is 0 Å². The molecule has 14 heteroatoms. The molecule has 0 unspecified atom stereocenters. The number of carbonyl (C=O) groups excluding carboxylic acids is 3. The molecule has 2 N–H and O–H groups in total. The molecular formula is C25H20Cl2F3N3O5S. The van der Waals surface area contributed by atoms with Crippen molar-refractivity contribution in [2.75, 3.05) is 24.8 Å². The van der Waals surface area contributed by atoms with Gasteiger partial charge in [0.1, 0.15) is 5.92 Å². The monoisotopic (exact) mass is 601 g/mol. The zero-order chi connectivity index (χ0) is 28.9. The summed E-state index contributed by atoms with van der Waals surface area (Å²) in [6.45, 7) is 1.98. The Kier molecular flexibility index (Phi) is 9.77. The highest BCUT2D eigenvalue weighted by Crippen LogP contribution is 2.44. The van der Waals surface area contributed by atoms with Crippen molar-refractivity contribution < 1.29 is 37.0 Å². The van der Waals surface area contributed by atoms with Crippen LogP contribution in [0.15, 0.2) is 47.0 Å². The van der Waals surface area contributed by atoms with E-state index in [2.05, 4.69) is 10.6 Å². The first-order valence-corrected chi connectivity index (χ1v) is 12.9. The van der Waals surface area contributed by atoms with E-state index in [9.17, 15) is 32.8 Å². The van der Waals surface area contributed by atoms with Crippen LogP contribution in [-0.4, -0.2) is 37.3 Å². The van der Waals surface area contributed by atoms with Crippen molar-refractivity contribution >= 4 is 58.4 Å². The smallest absolute Gasteiger partial charge is 0.418 e. The normalized spacial score (nSPS) is 17.2. The van der Waals surface area contributed by atoms with Crippen molar-refractivity contribution in [1.82, 2.24) is 5.32 Å². The fourth-order valence-electron chi connectivity index (χ4n) is 3.88. The largest absolute Gasteiger partial charge is 0.491 e. The van der Waals surface area contributed by atoms with Gasteiger partial charge >= 0.3 is 12.1 Å². The van der Waals surface area contributed by atoms with Crippen LogP contribution in [0.4, 0.5) is 18.9 Å². The second-order valence-electron chi connectivity index (χ2n) is 7.95. The molecule has 0 saturated heterocycles. The molecule has 2 atom stereocenters. The van der Waals surface area contributed by atoms with Crippen molar-refractivity contribution in [3.63, 3.8) is 0 Å². The second kappa shape index (κ2) is 12.6. The topological polar surface area (TPSA) is 118 Å². The van der Waals surface area contributed by atoms with Gasteiger partial charge in [-0.3, -0.25) is 14.4 Å². The van der Waals surface area contributed by atoms with Crippen molar-refractivity contribution in [3.05, 3.63) is 68.2 Å². The van der Waals surface area contributed by atoms with Crippen LogP contribution in [0, 0.1) is 17.2 Å². The maximum atomic E-state index is 13.3. The minimum absolute atomic E-state index is 0.0620. The predicted octanol–water partition coefficient (Wildman–Crippen LogP) is 5.52. The summed E-state index contributed by atoms with van der Waals surface area (Å²) in [5, 5.41) is 14.7. The SMILES string of the molecule is CCOc1c(Cl)cc([C@H]2C(C#N)=C(SCC(=O)Nc3ccccc3C(F)(F)F)NC(=O)[C@H]2C(=O)OC)cc1Cl. The summed E-state index contributed by atoms with van der Waals surface area (Å²) in [6, 6.07) is 9.20.